The van der Waals surface area contributed by atoms with Crippen molar-refractivity contribution in [3.05, 3.63) is 0 Å². The summed E-state index contributed by atoms with van der Waals surface area (Å²) < 4.78 is 0. The summed E-state index contributed by atoms with van der Waals surface area (Å²) in [5, 5.41) is 0. The van der Waals surface area contributed by atoms with Crippen molar-refractivity contribution in [2.75, 3.05) is 0 Å². The number of hydrogen-bond donors (Lipinski definition) is 0. The Morgan fingerprint density at radius 1 is 0.581 bits per heavy atom. The Kier molecular flexibility index (Phi) is 4.65. The topological polar surface area (TPSA) is 17.1 Å². The molecule has 1 nitrogen and oxygen atoms in total. The normalized spacial score (nSPS) is 55.4. The average Bonchev–Trinajstić information content (AvgIpc) is 2.65. The van der Waals surface area contributed by atoms with Gasteiger partial charge in [0.25, 0.3) is 0 Å². The first-order valence-electron chi connectivity index (χ1n) is 13.8. The van der Waals surface area contributed by atoms with E-state index >= 15 is 0 Å². The first-order chi connectivity index (χ1) is 14.2. The van der Waals surface area contributed by atoms with E-state index in [0.717, 1.165) is 30.6 Å². The lowest BCUT2D eigenvalue weighted by atomic mass is 9.30. The molecule has 0 heterocycles. The van der Waals surface area contributed by atoms with Gasteiger partial charge in [-0.1, -0.05) is 61.8 Å². The van der Waals surface area contributed by atoms with E-state index in [9.17, 15) is 4.79 Å². The molecule has 0 spiro atoms. The van der Waals surface area contributed by atoms with Crippen molar-refractivity contribution in [2.45, 2.75) is 126 Å². The van der Waals surface area contributed by atoms with E-state index in [0.29, 0.717) is 38.8 Å². The Labute approximate surface area is 192 Å². The molecule has 0 bridgehead atoms. The number of carbonyl (C=O) groups excluding carboxylic acids is 1. The van der Waals surface area contributed by atoms with Gasteiger partial charge in [-0.05, 0) is 109 Å². The Hall–Kier alpha value is -0.330. The third-order valence-electron chi connectivity index (χ3n) is 13.6. The van der Waals surface area contributed by atoms with E-state index in [1.54, 1.807) is 0 Å². The zero-order valence-electron chi connectivity index (χ0n) is 22.0. The van der Waals surface area contributed by atoms with E-state index in [4.69, 9.17) is 0 Å². The quantitative estimate of drug-likeness (QED) is 0.379. The third-order valence-corrected chi connectivity index (χ3v) is 13.6. The number of fused-ring (bicyclic) bond motifs is 7. The van der Waals surface area contributed by atoms with Gasteiger partial charge in [0.05, 0.1) is 0 Å². The molecule has 0 radical (unpaired) electrons. The lowest BCUT2D eigenvalue weighted by Gasteiger charge is -2.74. The molecule has 8 unspecified atom stereocenters. The highest BCUT2D eigenvalue weighted by Crippen LogP contribution is 2.77. The highest BCUT2D eigenvalue weighted by molar-refractivity contribution is 5.85. The van der Waals surface area contributed by atoms with Crippen LogP contribution in [0, 0.1) is 56.2 Å². The summed E-state index contributed by atoms with van der Waals surface area (Å²) in [6, 6.07) is 0. The van der Waals surface area contributed by atoms with Crippen LogP contribution in [0.5, 0.6) is 0 Å². The van der Waals surface area contributed by atoms with E-state index in [-0.39, 0.29) is 5.41 Å². The van der Waals surface area contributed by atoms with Crippen LogP contribution in [0.3, 0.4) is 0 Å². The summed E-state index contributed by atoms with van der Waals surface area (Å²) in [6.07, 6.45) is 14.7. The second-order valence-corrected chi connectivity index (χ2v) is 15.2. The van der Waals surface area contributed by atoms with Crippen molar-refractivity contribution in [3.63, 3.8) is 0 Å². The van der Waals surface area contributed by atoms with Crippen molar-refractivity contribution in [2.24, 2.45) is 56.2 Å². The second kappa shape index (κ2) is 6.41. The number of rotatable bonds is 0. The molecule has 5 fully saturated rings. The third kappa shape index (κ3) is 2.59. The van der Waals surface area contributed by atoms with Gasteiger partial charge in [0.1, 0.15) is 5.78 Å². The highest BCUT2D eigenvalue weighted by Gasteiger charge is 2.70. The van der Waals surface area contributed by atoms with Crippen molar-refractivity contribution in [1.82, 2.24) is 0 Å². The number of ketones is 1. The van der Waals surface area contributed by atoms with Crippen LogP contribution in [0.4, 0.5) is 0 Å². The van der Waals surface area contributed by atoms with Crippen LogP contribution < -0.4 is 0 Å². The highest BCUT2D eigenvalue weighted by atomic mass is 16.1. The van der Waals surface area contributed by atoms with Crippen molar-refractivity contribution in [3.8, 4) is 0 Å². The fourth-order valence-corrected chi connectivity index (χ4v) is 12.0. The molecule has 0 aromatic heterocycles. The Bertz CT molecular complexity index is 777. The lowest BCUT2D eigenvalue weighted by Crippen LogP contribution is -2.67. The van der Waals surface area contributed by atoms with Crippen LogP contribution in [0.25, 0.3) is 0 Å². The minimum atomic E-state index is -0.122. The van der Waals surface area contributed by atoms with Crippen molar-refractivity contribution in [1.29, 1.82) is 0 Å². The fraction of sp³-hybridized carbons (Fsp3) is 0.967. The molecule has 0 aliphatic heterocycles. The molecular weight excluding hydrogens is 376 g/mol. The van der Waals surface area contributed by atoms with Crippen LogP contribution >= 0.6 is 0 Å². The van der Waals surface area contributed by atoms with Gasteiger partial charge in [0.15, 0.2) is 0 Å². The van der Waals surface area contributed by atoms with E-state index < -0.39 is 0 Å². The smallest absolute Gasteiger partial charge is 0.138 e. The molecule has 8 atom stereocenters. The monoisotopic (exact) mass is 426 g/mol. The molecule has 5 rings (SSSR count). The zero-order valence-corrected chi connectivity index (χ0v) is 22.0. The van der Waals surface area contributed by atoms with E-state index in [1.807, 2.05) is 0 Å². The van der Waals surface area contributed by atoms with Gasteiger partial charge in [-0.25, -0.2) is 0 Å². The largest absolute Gasteiger partial charge is 0.299 e. The van der Waals surface area contributed by atoms with Gasteiger partial charge in [-0.2, -0.15) is 0 Å². The fourth-order valence-electron chi connectivity index (χ4n) is 12.0. The molecule has 31 heavy (non-hydrogen) atoms. The molecule has 176 valence electrons. The van der Waals surface area contributed by atoms with Crippen LogP contribution in [-0.2, 0) is 4.79 Å². The first-order valence-corrected chi connectivity index (χ1v) is 13.8. The lowest BCUT2D eigenvalue weighted by molar-refractivity contribution is -0.253. The van der Waals surface area contributed by atoms with Gasteiger partial charge in [0, 0.05) is 11.8 Å². The van der Waals surface area contributed by atoms with Gasteiger partial charge in [-0.15, -0.1) is 0 Å². The van der Waals surface area contributed by atoms with Crippen LogP contribution in [-0.4, -0.2) is 5.78 Å². The predicted octanol–water partition coefficient (Wildman–Crippen LogP) is 8.46. The molecule has 5 saturated carbocycles. The summed E-state index contributed by atoms with van der Waals surface area (Å²) in [6.45, 7) is 20.5. The predicted molar refractivity (Wildman–Crippen MR) is 130 cm³/mol. The number of hydrogen-bond acceptors (Lipinski definition) is 1. The minimum Gasteiger partial charge on any atom is -0.299 e. The molecule has 5 aliphatic rings. The maximum absolute atomic E-state index is 12.9. The minimum absolute atomic E-state index is 0.122. The molecule has 1 heteroatoms. The zero-order chi connectivity index (χ0) is 22.7. The van der Waals surface area contributed by atoms with Crippen molar-refractivity contribution < 1.29 is 4.79 Å². The maximum Gasteiger partial charge on any atom is 0.138 e. The van der Waals surface area contributed by atoms with E-state index in [1.165, 1.54) is 57.8 Å². The van der Waals surface area contributed by atoms with Crippen LogP contribution in [0.2, 0.25) is 0 Å². The van der Waals surface area contributed by atoms with Crippen molar-refractivity contribution >= 4 is 5.78 Å². The standard InChI is InChI=1S/C30H50O/c1-25(2)15-9-16-27(5)20(25)12-18-29(7)22(27)10-11-23-28(6)17-14-24(31)26(3,4)21(28)13-19-30(23,29)8/h20-23H,9-19H2,1-8H3. The number of carbonyl (C=O) groups is 1. The Morgan fingerprint density at radius 2 is 1.10 bits per heavy atom. The van der Waals surface area contributed by atoms with Gasteiger partial charge >= 0.3 is 0 Å². The average molecular weight is 427 g/mol. The summed E-state index contributed by atoms with van der Waals surface area (Å²) in [4.78, 5) is 12.9. The van der Waals surface area contributed by atoms with Gasteiger partial charge in [0.2, 0.25) is 0 Å². The Balaban J connectivity index is 1.55. The molecule has 0 saturated heterocycles. The molecular formula is C30H50O. The van der Waals surface area contributed by atoms with E-state index in [2.05, 4.69) is 55.4 Å². The molecule has 0 aromatic carbocycles. The Morgan fingerprint density at radius 3 is 1.68 bits per heavy atom. The molecule has 5 aliphatic carbocycles. The molecule has 0 amide bonds. The maximum atomic E-state index is 12.9. The second-order valence-electron chi connectivity index (χ2n) is 15.2. The van der Waals surface area contributed by atoms with Crippen LogP contribution in [0.1, 0.15) is 126 Å². The molecule has 0 N–H and O–H groups in total. The summed E-state index contributed by atoms with van der Waals surface area (Å²) in [7, 11) is 0. The first kappa shape index (κ1) is 22.5. The number of Topliss-reactive ketones (excluding diaryl/α,β-unsaturated/α-hetero) is 1. The van der Waals surface area contributed by atoms with Gasteiger partial charge in [-0.3, -0.25) is 4.79 Å². The summed E-state index contributed by atoms with van der Waals surface area (Å²) >= 11 is 0. The molecule has 0 aromatic rings. The van der Waals surface area contributed by atoms with Gasteiger partial charge < -0.3 is 0 Å². The summed E-state index contributed by atoms with van der Waals surface area (Å²) in [5.74, 6) is 3.71. The van der Waals surface area contributed by atoms with Crippen LogP contribution in [0.15, 0.2) is 0 Å². The summed E-state index contributed by atoms with van der Waals surface area (Å²) in [5.41, 5.74) is 2.18. The SMILES string of the molecule is CC1(C)CCCC2(C)C1CCC1(C)C2CCC2C3(C)CCC(=O)C(C)(C)C3CCC21C.